The van der Waals surface area contributed by atoms with E-state index in [-0.39, 0.29) is 5.00 Å². The van der Waals surface area contributed by atoms with E-state index in [0.717, 1.165) is 23.7 Å². The third kappa shape index (κ3) is 2.94. The SMILES string of the molecule is CC1CCC(Nc2ncc([N+](=O)[O-])s2)C(C)C1. The lowest BCUT2D eigenvalue weighted by Crippen LogP contribution is -2.32. The summed E-state index contributed by atoms with van der Waals surface area (Å²) >= 11 is 1.12. The fraction of sp³-hybridized carbons (Fsp3) is 0.727. The molecule has 0 amide bonds. The zero-order valence-electron chi connectivity index (χ0n) is 10.0. The minimum atomic E-state index is -0.394. The Morgan fingerprint density at radius 3 is 2.88 bits per heavy atom. The molecule has 1 N–H and O–H groups in total. The monoisotopic (exact) mass is 255 g/mol. The second-order valence-corrected chi connectivity index (χ2v) is 5.92. The van der Waals surface area contributed by atoms with Crippen LogP contribution in [0.4, 0.5) is 10.1 Å². The van der Waals surface area contributed by atoms with Crippen molar-refractivity contribution in [2.24, 2.45) is 11.8 Å². The third-order valence-corrected chi connectivity index (χ3v) is 4.29. The van der Waals surface area contributed by atoms with Crippen molar-refractivity contribution in [3.8, 4) is 0 Å². The van der Waals surface area contributed by atoms with Crippen LogP contribution >= 0.6 is 11.3 Å². The van der Waals surface area contributed by atoms with Crippen molar-refractivity contribution in [2.45, 2.75) is 39.2 Å². The minimum Gasteiger partial charge on any atom is -0.358 e. The van der Waals surface area contributed by atoms with Crippen molar-refractivity contribution in [1.82, 2.24) is 4.98 Å². The largest absolute Gasteiger partial charge is 0.358 e. The van der Waals surface area contributed by atoms with Gasteiger partial charge in [-0.3, -0.25) is 10.1 Å². The highest BCUT2D eigenvalue weighted by atomic mass is 32.1. The second-order valence-electron chi connectivity index (χ2n) is 4.91. The maximum Gasteiger partial charge on any atom is 0.345 e. The van der Waals surface area contributed by atoms with E-state index >= 15 is 0 Å². The van der Waals surface area contributed by atoms with Gasteiger partial charge in [-0.05, 0) is 42.4 Å². The van der Waals surface area contributed by atoms with E-state index in [2.05, 4.69) is 24.1 Å². The molecule has 6 heteroatoms. The van der Waals surface area contributed by atoms with E-state index in [4.69, 9.17) is 0 Å². The molecular formula is C11H17N3O2S. The van der Waals surface area contributed by atoms with Crippen molar-refractivity contribution in [3.63, 3.8) is 0 Å². The summed E-state index contributed by atoms with van der Waals surface area (Å²) in [6.07, 6.45) is 4.87. The van der Waals surface area contributed by atoms with E-state index in [1.165, 1.54) is 19.0 Å². The highest BCUT2D eigenvalue weighted by Gasteiger charge is 2.26. The van der Waals surface area contributed by atoms with Crippen molar-refractivity contribution in [3.05, 3.63) is 16.3 Å². The Balaban J connectivity index is 1.98. The Kier molecular flexibility index (Phi) is 3.61. The number of anilines is 1. The predicted molar refractivity (Wildman–Crippen MR) is 68.4 cm³/mol. The van der Waals surface area contributed by atoms with Crippen LogP contribution in [0.2, 0.25) is 0 Å². The lowest BCUT2D eigenvalue weighted by Gasteiger charge is -2.32. The molecule has 0 aromatic carbocycles. The zero-order chi connectivity index (χ0) is 12.4. The standard InChI is InChI=1S/C11H17N3O2S/c1-7-3-4-9(8(2)5-7)13-11-12-6-10(17-11)14(15)16/h6-9H,3-5H2,1-2H3,(H,12,13). The van der Waals surface area contributed by atoms with Gasteiger partial charge in [-0.2, -0.15) is 0 Å². The molecule has 1 heterocycles. The van der Waals surface area contributed by atoms with Crippen molar-refractivity contribution >= 4 is 21.5 Å². The molecular weight excluding hydrogens is 238 g/mol. The molecule has 0 aliphatic heterocycles. The number of nitrogens with one attached hydrogen (secondary N) is 1. The first-order chi connectivity index (χ1) is 8.06. The Labute approximate surface area is 104 Å². The molecule has 94 valence electrons. The fourth-order valence-electron chi connectivity index (χ4n) is 2.46. The lowest BCUT2D eigenvalue weighted by molar-refractivity contribution is -0.380. The summed E-state index contributed by atoms with van der Waals surface area (Å²) in [6.45, 7) is 4.51. The molecule has 3 unspecified atom stereocenters. The van der Waals surface area contributed by atoms with Gasteiger partial charge < -0.3 is 5.32 Å². The summed E-state index contributed by atoms with van der Waals surface area (Å²) in [7, 11) is 0. The van der Waals surface area contributed by atoms with Gasteiger partial charge in [0.2, 0.25) is 0 Å². The predicted octanol–water partition coefficient (Wildman–Crippen LogP) is 3.29. The minimum absolute atomic E-state index is 0.101. The summed E-state index contributed by atoms with van der Waals surface area (Å²) < 4.78 is 0. The summed E-state index contributed by atoms with van der Waals surface area (Å²) in [5.41, 5.74) is 0. The molecule has 1 saturated carbocycles. The van der Waals surface area contributed by atoms with Crippen LogP contribution in [0.3, 0.4) is 0 Å². The Hall–Kier alpha value is -1.17. The normalized spacial score (nSPS) is 28.9. The summed E-state index contributed by atoms with van der Waals surface area (Å²) in [5.74, 6) is 1.38. The Morgan fingerprint density at radius 2 is 2.29 bits per heavy atom. The van der Waals surface area contributed by atoms with Gasteiger partial charge in [0, 0.05) is 6.04 Å². The molecule has 17 heavy (non-hydrogen) atoms. The van der Waals surface area contributed by atoms with E-state index in [0.29, 0.717) is 17.1 Å². The molecule has 1 aromatic heterocycles. The van der Waals surface area contributed by atoms with Gasteiger partial charge >= 0.3 is 5.00 Å². The van der Waals surface area contributed by atoms with Crippen LogP contribution < -0.4 is 5.32 Å². The van der Waals surface area contributed by atoms with Crippen molar-refractivity contribution in [1.29, 1.82) is 0 Å². The quantitative estimate of drug-likeness (QED) is 0.664. The first-order valence-corrected chi connectivity index (χ1v) is 6.74. The average molecular weight is 255 g/mol. The molecule has 0 saturated heterocycles. The number of hydrogen-bond acceptors (Lipinski definition) is 5. The molecule has 0 bridgehead atoms. The highest BCUT2D eigenvalue weighted by molar-refractivity contribution is 7.18. The van der Waals surface area contributed by atoms with Crippen LogP contribution in [0.25, 0.3) is 0 Å². The number of rotatable bonds is 3. The van der Waals surface area contributed by atoms with Crippen molar-refractivity contribution < 1.29 is 4.92 Å². The van der Waals surface area contributed by atoms with Crippen LogP contribution in [0.1, 0.15) is 33.1 Å². The van der Waals surface area contributed by atoms with E-state index in [1.54, 1.807) is 0 Å². The maximum absolute atomic E-state index is 10.6. The van der Waals surface area contributed by atoms with Gasteiger partial charge in [0.05, 0.1) is 4.92 Å². The highest BCUT2D eigenvalue weighted by Crippen LogP contribution is 2.32. The average Bonchev–Trinajstić information content (AvgIpc) is 2.71. The van der Waals surface area contributed by atoms with Crippen LogP contribution in [0.5, 0.6) is 0 Å². The van der Waals surface area contributed by atoms with Gasteiger partial charge in [-0.1, -0.05) is 13.8 Å². The van der Waals surface area contributed by atoms with Crippen LogP contribution in [-0.2, 0) is 0 Å². The summed E-state index contributed by atoms with van der Waals surface area (Å²) in [5, 5.41) is 14.7. The molecule has 1 fully saturated rings. The van der Waals surface area contributed by atoms with Gasteiger partial charge in [0.1, 0.15) is 6.20 Å². The molecule has 5 nitrogen and oxygen atoms in total. The number of nitro groups is 1. The summed E-state index contributed by atoms with van der Waals surface area (Å²) in [6, 6.07) is 0.400. The second kappa shape index (κ2) is 5.00. The lowest BCUT2D eigenvalue weighted by atomic mass is 9.80. The topological polar surface area (TPSA) is 68.1 Å². The van der Waals surface area contributed by atoms with E-state index in [1.807, 2.05) is 0 Å². The maximum atomic E-state index is 10.6. The Morgan fingerprint density at radius 1 is 1.53 bits per heavy atom. The van der Waals surface area contributed by atoms with E-state index in [9.17, 15) is 10.1 Å². The van der Waals surface area contributed by atoms with Crippen LogP contribution in [-0.4, -0.2) is 15.9 Å². The van der Waals surface area contributed by atoms with Crippen LogP contribution in [0.15, 0.2) is 6.20 Å². The third-order valence-electron chi connectivity index (χ3n) is 3.41. The number of nitrogens with zero attached hydrogens (tertiary/aromatic N) is 2. The molecule has 1 aromatic rings. The first kappa shape index (κ1) is 12.3. The van der Waals surface area contributed by atoms with E-state index < -0.39 is 4.92 Å². The number of thiazole rings is 1. The van der Waals surface area contributed by atoms with Gasteiger partial charge in [-0.15, -0.1) is 0 Å². The van der Waals surface area contributed by atoms with Crippen LogP contribution in [0, 0.1) is 22.0 Å². The summed E-state index contributed by atoms with van der Waals surface area (Å²) in [4.78, 5) is 14.2. The molecule has 1 aliphatic carbocycles. The molecule has 0 spiro atoms. The van der Waals surface area contributed by atoms with Gasteiger partial charge in [0.15, 0.2) is 5.13 Å². The smallest absolute Gasteiger partial charge is 0.345 e. The molecule has 1 aliphatic rings. The van der Waals surface area contributed by atoms with Gasteiger partial charge in [-0.25, -0.2) is 4.98 Å². The molecule has 2 rings (SSSR count). The number of hydrogen-bond donors (Lipinski definition) is 1. The number of aromatic nitrogens is 1. The van der Waals surface area contributed by atoms with Gasteiger partial charge in [0.25, 0.3) is 0 Å². The zero-order valence-corrected chi connectivity index (χ0v) is 10.9. The Bertz CT molecular complexity index is 407. The first-order valence-electron chi connectivity index (χ1n) is 5.93. The van der Waals surface area contributed by atoms with Crippen molar-refractivity contribution in [2.75, 3.05) is 5.32 Å². The molecule has 0 radical (unpaired) electrons. The molecule has 3 atom stereocenters. The fourth-order valence-corrected chi connectivity index (χ4v) is 3.15.